The molecule has 2 N–H and O–H groups in total. The summed E-state index contributed by atoms with van der Waals surface area (Å²) in [6, 6.07) is 2.53. The highest BCUT2D eigenvalue weighted by Gasteiger charge is 2.21. The predicted octanol–water partition coefficient (Wildman–Crippen LogP) is 2.46. The van der Waals surface area contributed by atoms with Crippen LogP contribution in [0.25, 0.3) is 0 Å². The van der Waals surface area contributed by atoms with Gasteiger partial charge in [-0.05, 0) is 35.2 Å². The summed E-state index contributed by atoms with van der Waals surface area (Å²) in [6.07, 6.45) is 6.98. The average molecular weight is 304 g/mol. The predicted molar refractivity (Wildman–Crippen MR) is 82.2 cm³/mol. The second-order valence-electron chi connectivity index (χ2n) is 5.63. The number of amides is 1. The molecule has 1 aliphatic rings. The average Bonchev–Trinajstić information content (AvgIpc) is 3.10. The molecule has 0 saturated heterocycles. The molecule has 2 aromatic rings. The number of primary amides is 1. The lowest BCUT2D eigenvalue weighted by molar-refractivity contribution is -0.117. The second-order valence-corrected chi connectivity index (χ2v) is 6.41. The smallest absolute Gasteiger partial charge is 0.225 e. The molecular weight excluding hydrogens is 284 g/mol. The highest BCUT2D eigenvalue weighted by Crippen LogP contribution is 2.29. The molecule has 5 nitrogen and oxygen atoms in total. The van der Waals surface area contributed by atoms with Crippen molar-refractivity contribution >= 4 is 17.2 Å². The molecule has 0 spiro atoms. The van der Waals surface area contributed by atoms with Crippen molar-refractivity contribution < 1.29 is 4.79 Å². The zero-order chi connectivity index (χ0) is 14.7. The number of nitrogens with zero attached hydrogens (tertiary/aromatic N) is 3. The van der Waals surface area contributed by atoms with Crippen LogP contribution < -0.4 is 5.73 Å². The van der Waals surface area contributed by atoms with Crippen molar-refractivity contribution in [3.05, 3.63) is 34.0 Å². The Morgan fingerprint density at radius 3 is 2.86 bits per heavy atom. The maximum absolute atomic E-state index is 11.1. The Morgan fingerprint density at radius 1 is 1.38 bits per heavy atom. The molecule has 0 radical (unpaired) electrons. The molecule has 21 heavy (non-hydrogen) atoms. The third kappa shape index (κ3) is 3.50. The molecule has 1 fully saturated rings. The molecule has 0 bridgehead atoms. The standard InChI is InChI=1S/C15H20N4OS/c16-13(20)9-14-17-15(8-11-6-7-21-10-11)19(18-14)12-4-2-1-3-5-12/h6-7,10,12H,1-5,8-9H2,(H2,16,20). The highest BCUT2D eigenvalue weighted by atomic mass is 32.1. The minimum atomic E-state index is -0.377. The summed E-state index contributed by atoms with van der Waals surface area (Å²) in [5.74, 6) is 1.13. The van der Waals surface area contributed by atoms with Gasteiger partial charge in [0.1, 0.15) is 5.82 Å². The molecule has 1 amide bonds. The van der Waals surface area contributed by atoms with Gasteiger partial charge in [0.05, 0.1) is 12.5 Å². The number of aromatic nitrogens is 3. The Balaban J connectivity index is 1.87. The van der Waals surface area contributed by atoms with Crippen LogP contribution in [0.4, 0.5) is 0 Å². The van der Waals surface area contributed by atoms with Gasteiger partial charge >= 0.3 is 0 Å². The Kier molecular flexibility index (Phi) is 4.34. The van der Waals surface area contributed by atoms with Gasteiger partial charge < -0.3 is 5.73 Å². The first-order chi connectivity index (χ1) is 10.2. The lowest BCUT2D eigenvalue weighted by Crippen LogP contribution is -2.18. The fourth-order valence-electron chi connectivity index (χ4n) is 2.95. The van der Waals surface area contributed by atoms with Crippen LogP contribution in [0.5, 0.6) is 0 Å². The van der Waals surface area contributed by atoms with Gasteiger partial charge in [-0.25, -0.2) is 9.67 Å². The van der Waals surface area contributed by atoms with Gasteiger partial charge in [-0.15, -0.1) is 0 Å². The van der Waals surface area contributed by atoms with E-state index < -0.39 is 0 Å². The molecular formula is C15H20N4OS. The van der Waals surface area contributed by atoms with Crippen molar-refractivity contribution in [2.45, 2.75) is 51.0 Å². The quantitative estimate of drug-likeness (QED) is 0.922. The van der Waals surface area contributed by atoms with Crippen LogP contribution in [0.1, 0.15) is 55.4 Å². The van der Waals surface area contributed by atoms with Crippen molar-refractivity contribution in [2.75, 3.05) is 0 Å². The summed E-state index contributed by atoms with van der Waals surface area (Å²) in [6.45, 7) is 0. The molecule has 6 heteroatoms. The van der Waals surface area contributed by atoms with Crippen LogP contribution in [0, 0.1) is 0 Å². The molecule has 112 valence electrons. The normalized spacial score (nSPS) is 16.2. The molecule has 0 aromatic carbocycles. The zero-order valence-electron chi connectivity index (χ0n) is 12.0. The monoisotopic (exact) mass is 304 g/mol. The maximum atomic E-state index is 11.1. The summed E-state index contributed by atoms with van der Waals surface area (Å²) >= 11 is 1.69. The summed E-state index contributed by atoms with van der Waals surface area (Å²) < 4.78 is 2.05. The molecule has 0 unspecified atom stereocenters. The van der Waals surface area contributed by atoms with Crippen LogP contribution in [0.3, 0.4) is 0 Å². The zero-order valence-corrected chi connectivity index (χ0v) is 12.8. The minimum absolute atomic E-state index is 0.121. The third-order valence-electron chi connectivity index (χ3n) is 3.94. The van der Waals surface area contributed by atoms with Gasteiger partial charge in [-0.2, -0.15) is 16.4 Å². The van der Waals surface area contributed by atoms with E-state index in [1.807, 2.05) is 0 Å². The largest absolute Gasteiger partial charge is 0.369 e. The van der Waals surface area contributed by atoms with Crippen LogP contribution in [-0.2, 0) is 17.6 Å². The topological polar surface area (TPSA) is 73.8 Å². The van der Waals surface area contributed by atoms with Crippen LogP contribution in [-0.4, -0.2) is 20.7 Å². The SMILES string of the molecule is NC(=O)Cc1nc(Cc2ccsc2)n(C2CCCCC2)n1. The number of nitrogens with two attached hydrogens (primary N) is 1. The van der Waals surface area contributed by atoms with E-state index in [-0.39, 0.29) is 12.3 Å². The number of carbonyl (C=O) groups is 1. The van der Waals surface area contributed by atoms with Gasteiger partial charge in [-0.1, -0.05) is 19.3 Å². The number of carbonyl (C=O) groups excluding carboxylic acids is 1. The third-order valence-corrected chi connectivity index (χ3v) is 4.67. The van der Waals surface area contributed by atoms with Crippen molar-refractivity contribution in [3.63, 3.8) is 0 Å². The van der Waals surface area contributed by atoms with Crippen molar-refractivity contribution in [3.8, 4) is 0 Å². The van der Waals surface area contributed by atoms with Gasteiger partial charge in [0.25, 0.3) is 0 Å². The number of hydrogen-bond donors (Lipinski definition) is 1. The minimum Gasteiger partial charge on any atom is -0.369 e. The van der Waals surface area contributed by atoms with E-state index in [0.717, 1.165) is 25.1 Å². The van der Waals surface area contributed by atoms with Crippen LogP contribution >= 0.6 is 11.3 Å². The molecule has 2 heterocycles. The van der Waals surface area contributed by atoms with Crippen molar-refractivity contribution in [1.29, 1.82) is 0 Å². The van der Waals surface area contributed by atoms with E-state index in [2.05, 4.69) is 31.6 Å². The van der Waals surface area contributed by atoms with Gasteiger partial charge in [0.15, 0.2) is 5.82 Å². The molecule has 1 aliphatic carbocycles. The maximum Gasteiger partial charge on any atom is 0.225 e. The molecule has 3 rings (SSSR count). The summed E-state index contributed by atoms with van der Waals surface area (Å²) in [4.78, 5) is 15.7. The fraction of sp³-hybridized carbons (Fsp3) is 0.533. The van der Waals surface area contributed by atoms with Crippen LogP contribution in [0.15, 0.2) is 16.8 Å². The van der Waals surface area contributed by atoms with E-state index in [0.29, 0.717) is 11.9 Å². The van der Waals surface area contributed by atoms with E-state index >= 15 is 0 Å². The summed E-state index contributed by atoms with van der Waals surface area (Å²) in [5.41, 5.74) is 6.52. The van der Waals surface area contributed by atoms with E-state index in [1.54, 1.807) is 11.3 Å². The van der Waals surface area contributed by atoms with Crippen LogP contribution in [0.2, 0.25) is 0 Å². The molecule has 0 aliphatic heterocycles. The van der Waals surface area contributed by atoms with Gasteiger partial charge in [-0.3, -0.25) is 4.79 Å². The van der Waals surface area contributed by atoms with E-state index in [9.17, 15) is 4.79 Å². The Hall–Kier alpha value is -1.69. The van der Waals surface area contributed by atoms with E-state index in [4.69, 9.17) is 5.73 Å². The first-order valence-corrected chi connectivity index (χ1v) is 8.40. The first-order valence-electron chi connectivity index (χ1n) is 7.46. The van der Waals surface area contributed by atoms with Crippen molar-refractivity contribution in [1.82, 2.24) is 14.8 Å². The Bertz CT molecular complexity index is 599. The van der Waals surface area contributed by atoms with Gasteiger partial charge in [0, 0.05) is 6.42 Å². The van der Waals surface area contributed by atoms with Gasteiger partial charge in [0.2, 0.25) is 5.91 Å². The lowest BCUT2D eigenvalue weighted by atomic mass is 9.95. The van der Waals surface area contributed by atoms with Crippen molar-refractivity contribution in [2.24, 2.45) is 5.73 Å². The number of hydrogen-bond acceptors (Lipinski definition) is 4. The second kappa shape index (κ2) is 6.39. The Morgan fingerprint density at radius 2 is 2.19 bits per heavy atom. The highest BCUT2D eigenvalue weighted by molar-refractivity contribution is 7.07. The Labute approximate surface area is 128 Å². The van der Waals surface area contributed by atoms with E-state index in [1.165, 1.54) is 24.8 Å². The molecule has 0 atom stereocenters. The summed E-state index contributed by atoms with van der Waals surface area (Å²) in [7, 11) is 0. The fourth-order valence-corrected chi connectivity index (χ4v) is 3.62. The molecule has 1 saturated carbocycles. The number of thiophene rings is 1. The summed E-state index contributed by atoms with van der Waals surface area (Å²) in [5, 5.41) is 8.77. The number of rotatable bonds is 5. The molecule has 2 aromatic heterocycles. The first kappa shape index (κ1) is 14.3. The lowest BCUT2D eigenvalue weighted by Gasteiger charge is -2.23.